The molecule has 0 aliphatic carbocycles. The van der Waals surface area contributed by atoms with Gasteiger partial charge in [0.25, 0.3) is 0 Å². The Morgan fingerprint density at radius 3 is 2.07 bits per heavy atom. The van der Waals surface area contributed by atoms with Gasteiger partial charge in [-0.3, -0.25) is 0 Å². The molecule has 14 heavy (non-hydrogen) atoms. The number of hydrogen-bond donors (Lipinski definition) is 3. The molecular formula is C9H13NO4. The maximum Gasteiger partial charge on any atom is 0.503 e. The van der Waals surface area contributed by atoms with Gasteiger partial charge in [-0.25, -0.2) is 4.79 Å². The Morgan fingerprint density at radius 1 is 1.36 bits per heavy atom. The highest BCUT2D eigenvalue weighted by Gasteiger charge is 1.89. The van der Waals surface area contributed by atoms with E-state index in [1.54, 1.807) is 7.11 Å². The highest BCUT2D eigenvalue weighted by Crippen LogP contribution is 2.10. The summed E-state index contributed by atoms with van der Waals surface area (Å²) < 4.78 is 4.97. The Labute approximate surface area is 81.7 Å². The third-order valence-corrected chi connectivity index (χ3v) is 1.39. The number of carbonyl (C=O) groups is 1. The molecule has 5 heteroatoms. The van der Waals surface area contributed by atoms with Crippen molar-refractivity contribution in [3.8, 4) is 5.75 Å². The van der Waals surface area contributed by atoms with Crippen LogP contribution in [0.25, 0.3) is 0 Å². The van der Waals surface area contributed by atoms with Crippen molar-refractivity contribution in [1.29, 1.82) is 0 Å². The average molecular weight is 199 g/mol. The molecule has 4 N–H and O–H groups in total. The molecule has 1 rings (SSSR count). The van der Waals surface area contributed by atoms with Crippen molar-refractivity contribution < 1.29 is 19.7 Å². The predicted molar refractivity (Wildman–Crippen MR) is 51.5 cm³/mol. The maximum atomic E-state index is 8.56. The first-order valence-corrected chi connectivity index (χ1v) is 3.85. The summed E-state index contributed by atoms with van der Waals surface area (Å²) in [6, 6.07) is 7.72. The van der Waals surface area contributed by atoms with Gasteiger partial charge >= 0.3 is 6.16 Å². The van der Waals surface area contributed by atoms with Gasteiger partial charge in [0.2, 0.25) is 0 Å². The SMILES string of the molecule is COc1ccc(CN)cc1.O=C(O)O. The monoisotopic (exact) mass is 199 g/mol. The summed E-state index contributed by atoms with van der Waals surface area (Å²) >= 11 is 0. The summed E-state index contributed by atoms with van der Waals surface area (Å²) in [5, 5.41) is 13.9. The van der Waals surface area contributed by atoms with Crippen molar-refractivity contribution in [2.75, 3.05) is 7.11 Å². The van der Waals surface area contributed by atoms with Crippen molar-refractivity contribution in [2.24, 2.45) is 5.73 Å². The molecule has 78 valence electrons. The van der Waals surface area contributed by atoms with Gasteiger partial charge in [0.05, 0.1) is 7.11 Å². The van der Waals surface area contributed by atoms with Crippen molar-refractivity contribution in [2.45, 2.75) is 6.54 Å². The van der Waals surface area contributed by atoms with Crippen molar-refractivity contribution in [1.82, 2.24) is 0 Å². The lowest BCUT2D eigenvalue weighted by Crippen LogP contribution is -1.95. The van der Waals surface area contributed by atoms with E-state index in [4.69, 9.17) is 25.5 Å². The molecule has 0 radical (unpaired) electrons. The van der Waals surface area contributed by atoms with E-state index in [0.717, 1.165) is 11.3 Å². The summed E-state index contributed by atoms with van der Waals surface area (Å²) in [5.74, 6) is 0.872. The zero-order chi connectivity index (χ0) is 11.0. The second kappa shape index (κ2) is 6.73. The molecule has 0 spiro atoms. The van der Waals surface area contributed by atoms with Crippen LogP contribution in [-0.4, -0.2) is 23.5 Å². The standard InChI is InChI=1S/C8H11NO.CH2O3/c1-10-8-4-2-7(6-9)3-5-8;2-1(3)4/h2-5H,6,9H2,1H3;(H2,2,3,4). The normalized spacial score (nSPS) is 8.43. The Bertz CT molecular complexity index is 244. The molecule has 0 amide bonds. The third kappa shape index (κ3) is 5.84. The van der Waals surface area contributed by atoms with Crippen LogP contribution in [0.5, 0.6) is 5.75 Å². The number of ether oxygens (including phenoxy) is 1. The van der Waals surface area contributed by atoms with Crippen LogP contribution in [0, 0.1) is 0 Å². The van der Waals surface area contributed by atoms with Crippen LogP contribution in [0.4, 0.5) is 4.79 Å². The Kier molecular flexibility index (Phi) is 5.89. The van der Waals surface area contributed by atoms with Crippen LogP contribution < -0.4 is 10.5 Å². The Balaban J connectivity index is 0.000000364. The van der Waals surface area contributed by atoms with E-state index in [0.29, 0.717) is 6.54 Å². The quantitative estimate of drug-likeness (QED) is 0.669. The molecule has 0 heterocycles. The van der Waals surface area contributed by atoms with Gasteiger partial charge in [0.1, 0.15) is 5.75 Å². The van der Waals surface area contributed by atoms with E-state index in [2.05, 4.69) is 0 Å². The molecule has 0 aliphatic rings. The van der Waals surface area contributed by atoms with Gasteiger partial charge in [-0.1, -0.05) is 12.1 Å². The summed E-state index contributed by atoms with van der Waals surface area (Å²) in [6.45, 7) is 0.587. The number of rotatable bonds is 2. The first-order valence-electron chi connectivity index (χ1n) is 3.85. The highest BCUT2D eigenvalue weighted by molar-refractivity contribution is 5.53. The van der Waals surface area contributed by atoms with Crippen LogP contribution in [0.3, 0.4) is 0 Å². The molecule has 5 nitrogen and oxygen atoms in total. The van der Waals surface area contributed by atoms with Crippen LogP contribution in [0.2, 0.25) is 0 Å². The lowest BCUT2D eigenvalue weighted by atomic mass is 10.2. The number of hydrogen-bond acceptors (Lipinski definition) is 3. The van der Waals surface area contributed by atoms with Gasteiger partial charge in [-0.05, 0) is 17.7 Å². The summed E-state index contributed by atoms with van der Waals surface area (Å²) in [4.78, 5) is 8.56. The van der Waals surface area contributed by atoms with E-state index in [1.165, 1.54) is 0 Å². The van der Waals surface area contributed by atoms with E-state index in [9.17, 15) is 0 Å². The van der Waals surface area contributed by atoms with Crippen molar-refractivity contribution in [3.63, 3.8) is 0 Å². The largest absolute Gasteiger partial charge is 0.503 e. The van der Waals surface area contributed by atoms with Crippen molar-refractivity contribution >= 4 is 6.16 Å². The lowest BCUT2D eigenvalue weighted by molar-refractivity contribution is 0.137. The maximum absolute atomic E-state index is 8.56. The summed E-state index contributed by atoms with van der Waals surface area (Å²) in [7, 11) is 1.65. The van der Waals surface area contributed by atoms with Gasteiger partial charge in [-0.2, -0.15) is 0 Å². The summed E-state index contributed by atoms with van der Waals surface area (Å²) in [6.07, 6.45) is -1.83. The molecule has 0 aliphatic heterocycles. The third-order valence-electron chi connectivity index (χ3n) is 1.39. The molecule has 0 saturated carbocycles. The highest BCUT2D eigenvalue weighted by atomic mass is 16.6. The Morgan fingerprint density at radius 2 is 1.79 bits per heavy atom. The minimum absolute atomic E-state index is 0.587. The topological polar surface area (TPSA) is 92.8 Å². The molecular weight excluding hydrogens is 186 g/mol. The number of carboxylic acid groups (broad SMARTS) is 2. The molecule has 0 saturated heterocycles. The second-order valence-electron chi connectivity index (χ2n) is 2.33. The van der Waals surface area contributed by atoms with E-state index >= 15 is 0 Å². The number of benzene rings is 1. The number of nitrogens with two attached hydrogens (primary N) is 1. The molecule has 1 aromatic carbocycles. The molecule has 1 aromatic rings. The number of methoxy groups -OCH3 is 1. The van der Waals surface area contributed by atoms with E-state index in [1.807, 2.05) is 24.3 Å². The van der Waals surface area contributed by atoms with Gasteiger partial charge in [-0.15, -0.1) is 0 Å². The zero-order valence-corrected chi connectivity index (χ0v) is 7.80. The molecule has 0 fully saturated rings. The minimum atomic E-state index is -1.83. The van der Waals surface area contributed by atoms with Gasteiger partial charge < -0.3 is 20.7 Å². The smallest absolute Gasteiger partial charge is 0.497 e. The first-order chi connectivity index (χ1) is 6.60. The van der Waals surface area contributed by atoms with Gasteiger partial charge in [0.15, 0.2) is 0 Å². The van der Waals surface area contributed by atoms with Crippen LogP contribution in [0.15, 0.2) is 24.3 Å². The van der Waals surface area contributed by atoms with E-state index < -0.39 is 6.16 Å². The lowest BCUT2D eigenvalue weighted by Gasteiger charge is -1.99. The fraction of sp³-hybridized carbons (Fsp3) is 0.222. The second-order valence-corrected chi connectivity index (χ2v) is 2.33. The molecule has 0 aromatic heterocycles. The minimum Gasteiger partial charge on any atom is -0.497 e. The van der Waals surface area contributed by atoms with Gasteiger partial charge in [0, 0.05) is 6.54 Å². The van der Waals surface area contributed by atoms with Crippen LogP contribution >= 0.6 is 0 Å². The molecule has 0 unspecified atom stereocenters. The fourth-order valence-electron chi connectivity index (χ4n) is 0.762. The molecule has 0 atom stereocenters. The van der Waals surface area contributed by atoms with Crippen LogP contribution in [0.1, 0.15) is 5.56 Å². The molecule has 0 bridgehead atoms. The fourth-order valence-corrected chi connectivity index (χ4v) is 0.762. The Hall–Kier alpha value is -1.75. The van der Waals surface area contributed by atoms with Crippen LogP contribution in [-0.2, 0) is 6.54 Å². The zero-order valence-electron chi connectivity index (χ0n) is 7.80. The summed E-state index contributed by atoms with van der Waals surface area (Å²) in [5.41, 5.74) is 6.53. The van der Waals surface area contributed by atoms with Crippen molar-refractivity contribution in [3.05, 3.63) is 29.8 Å². The average Bonchev–Trinajstić information content (AvgIpc) is 2.17. The first kappa shape index (κ1) is 12.2. The van der Waals surface area contributed by atoms with E-state index in [-0.39, 0.29) is 0 Å². The predicted octanol–water partition coefficient (Wildman–Crippen LogP) is 1.38.